The van der Waals surface area contributed by atoms with Crippen molar-refractivity contribution in [3.63, 3.8) is 0 Å². The van der Waals surface area contributed by atoms with E-state index >= 15 is 0 Å². The lowest BCUT2D eigenvalue weighted by Crippen LogP contribution is -2.72. The van der Waals surface area contributed by atoms with Gasteiger partial charge in [-0.05, 0) is 5.04 Å². The van der Waals surface area contributed by atoms with E-state index in [1.165, 1.54) is 0 Å². The summed E-state index contributed by atoms with van der Waals surface area (Å²) in [5, 5.41) is 0.219. The highest BCUT2D eigenvalue weighted by Gasteiger charge is 2.56. The monoisotopic (exact) mass is 361 g/mol. The molecule has 3 aliphatic rings. The van der Waals surface area contributed by atoms with Gasteiger partial charge >= 0.3 is 5.24 Å². The molecule has 0 aromatic carbocycles. The van der Waals surface area contributed by atoms with Crippen molar-refractivity contribution in [2.45, 2.75) is 70.0 Å². The van der Waals surface area contributed by atoms with Crippen LogP contribution in [0.1, 0.15) is 33.6 Å². The van der Waals surface area contributed by atoms with E-state index in [4.69, 9.17) is 21.7 Å². The minimum Gasteiger partial charge on any atom is -0.435 e. The number of hydrogen-bond donors (Lipinski definition) is 0. The molecule has 0 aromatic rings. The second-order valence-corrected chi connectivity index (χ2v) is 13.5. The molecule has 0 spiro atoms. The van der Waals surface area contributed by atoms with Gasteiger partial charge in [0.05, 0.1) is 5.92 Å². The van der Waals surface area contributed by atoms with E-state index in [-0.39, 0.29) is 28.1 Å². The number of amides is 1. The minimum atomic E-state index is -1.91. The van der Waals surface area contributed by atoms with Crippen molar-refractivity contribution in [2.75, 3.05) is 0 Å². The molecule has 0 saturated carbocycles. The van der Waals surface area contributed by atoms with E-state index in [1.54, 1.807) is 0 Å². The first kappa shape index (κ1) is 17.3. The molecule has 0 radical (unpaired) electrons. The SMILES string of the molecule is CC(C)(C)[Si](C)(C)N1C(=O)[C@H]2CC#CC3OC(=S)OC3C#CC[C@@H]21. The lowest BCUT2D eigenvalue weighted by Gasteiger charge is -2.58. The summed E-state index contributed by atoms with van der Waals surface area (Å²) >= 11 is 4.94. The van der Waals surface area contributed by atoms with E-state index in [9.17, 15) is 4.79 Å². The van der Waals surface area contributed by atoms with Gasteiger partial charge in [-0.15, -0.1) is 0 Å². The molecule has 128 valence electrons. The van der Waals surface area contributed by atoms with E-state index in [2.05, 4.69) is 62.1 Å². The minimum absolute atomic E-state index is 0.0493. The molecule has 2 saturated heterocycles. The van der Waals surface area contributed by atoms with Crippen LogP contribution in [0, 0.1) is 29.6 Å². The normalized spacial score (nSPS) is 32.0. The average Bonchev–Trinajstić information content (AvgIpc) is 2.81. The summed E-state index contributed by atoms with van der Waals surface area (Å²) in [4.78, 5) is 12.8. The van der Waals surface area contributed by atoms with Crippen LogP contribution in [0.5, 0.6) is 0 Å². The Morgan fingerprint density at radius 3 is 2.21 bits per heavy atom. The lowest BCUT2D eigenvalue weighted by atomic mass is 9.85. The van der Waals surface area contributed by atoms with Crippen LogP contribution in [0.3, 0.4) is 0 Å². The fraction of sp³-hybridized carbons (Fsp3) is 0.667. The van der Waals surface area contributed by atoms with Crippen LogP contribution in [0.4, 0.5) is 0 Å². The Bertz CT molecular complexity index is 704. The maximum atomic E-state index is 12.8. The highest BCUT2D eigenvalue weighted by molar-refractivity contribution is 7.79. The molecular weight excluding hydrogens is 338 g/mol. The fourth-order valence-electron chi connectivity index (χ4n) is 3.22. The largest absolute Gasteiger partial charge is 0.435 e. The molecule has 3 rings (SSSR count). The summed E-state index contributed by atoms with van der Waals surface area (Å²) < 4.78 is 12.9. The second-order valence-electron chi connectivity index (χ2n) is 8.07. The molecule has 1 aliphatic carbocycles. The van der Waals surface area contributed by atoms with Crippen molar-refractivity contribution in [3.05, 3.63) is 0 Å². The zero-order valence-electron chi connectivity index (χ0n) is 14.8. The molecule has 0 bridgehead atoms. The molecule has 4 atom stereocenters. The van der Waals surface area contributed by atoms with Gasteiger partial charge in [0.1, 0.15) is 0 Å². The first-order valence-corrected chi connectivity index (χ1v) is 11.7. The summed E-state index contributed by atoms with van der Waals surface area (Å²) in [6.45, 7) is 11.2. The Balaban J connectivity index is 1.86. The van der Waals surface area contributed by atoms with Gasteiger partial charge in [-0.3, -0.25) is 4.79 Å². The number of ether oxygens (including phenoxy) is 2. The molecule has 2 fully saturated rings. The van der Waals surface area contributed by atoms with Crippen LogP contribution in [0.2, 0.25) is 18.1 Å². The van der Waals surface area contributed by atoms with Gasteiger partial charge < -0.3 is 14.0 Å². The maximum Gasteiger partial charge on any atom is 0.355 e. The topological polar surface area (TPSA) is 38.8 Å². The first-order chi connectivity index (χ1) is 11.1. The van der Waals surface area contributed by atoms with Gasteiger partial charge in [0.2, 0.25) is 18.1 Å². The molecular formula is C18H23NO3SSi. The van der Waals surface area contributed by atoms with Gasteiger partial charge in [0.15, 0.2) is 8.24 Å². The second kappa shape index (κ2) is 5.79. The van der Waals surface area contributed by atoms with Crippen molar-refractivity contribution in [2.24, 2.45) is 5.92 Å². The number of hydrogen-bond acceptors (Lipinski definition) is 4. The standard InChI is InChI=1S/C18H23NO3SSi/c1-18(2,3)24(4,5)19-13-9-7-11-15-14(21-17(23)22-15)10-6-8-12(13)16(19)20/h12-15H,8-9H2,1-5H3/t12-,13-,14?,15?/m0/s1. The Labute approximate surface area is 150 Å². The lowest BCUT2D eigenvalue weighted by molar-refractivity contribution is -0.147. The highest BCUT2D eigenvalue weighted by atomic mass is 32.1. The Kier molecular flexibility index (Phi) is 4.18. The third-order valence-corrected chi connectivity index (χ3v) is 11.3. The Morgan fingerprint density at radius 2 is 1.67 bits per heavy atom. The molecule has 0 aromatic heterocycles. The number of rotatable bonds is 1. The number of carbonyl (C=O) groups is 1. The number of carbonyl (C=O) groups excluding carboxylic acids is 1. The average molecular weight is 362 g/mol. The van der Waals surface area contributed by atoms with Crippen LogP contribution >= 0.6 is 12.2 Å². The van der Waals surface area contributed by atoms with Gasteiger partial charge in [0.25, 0.3) is 0 Å². The van der Waals surface area contributed by atoms with Crippen LogP contribution in [-0.2, 0) is 14.3 Å². The van der Waals surface area contributed by atoms with Gasteiger partial charge in [-0.25, -0.2) is 0 Å². The fourth-order valence-corrected chi connectivity index (χ4v) is 5.96. The highest BCUT2D eigenvalue weighted by Crippen LogP contribution is 2.46. The summed E-state index contributed by atoms with van der Waals surface area (Å²) in [5.74, 6) is 12.6. The molecule has 4 nitrogen and oxygen atoms in total. The summed E-state index contributed by atoms with van der Waals surface area (Å²) in [6, 6.07) is 0.158. The molecule has 0 N–H and O–H groups in total. The molecule has 1 amide bonds. The third kappa shape index (κ3) is 2.72. The number of fused-ring (bicyclic) bond motifs is 2. The van der Waals surface area contributed by atoms with Crippen LogP contribution in [-0.4, -0.2) is 42.2 Å². The molecule has 2 heterocycles. The predicted octanol–water partition coefficient (Wildman–Crippen LogP) is 2.69. The van der Waals surface area contributed by atoms with E-state index in [0.29, 0.717) is 12.8 Å². The van der Waals surface area contributed by atoms with Crippen LogP contribution in [0.25, 0.3) is 0 Å². The summed E-state index contributed by atoms with van der Waals surface area (Å²) in [5.41, 5.74) is 0. The zero-order chi connectivity index (χ0) is 17.7. The van der Waals surface area contributed by atoms with Crippen LogP contribution < -0.4 is 0 Å². The van der Waals surface area contributed by atoms with Crippen molar-refractivity contribution in [3.8, 4) is 23.7 Å². The van der Waals surface area contributed by atoms with Crippen molar-refractivity contribution in [1.29, 1.82) is 0 Å². The molecule has 2 aliphatic heterocycles. The van der Waals surface area contributed by atoms with Crippen molar-refractivity contribution >= 4 is 31.6 Å². The van der Waals surface area contributed by atoms with E-state index in [1.807, 2.05) is 0 Å². The Morgan fingerprint density at radius 1 is 1.12 bits per heavy atom. The maximum absolute atomic E-state index is 12.8. The van der Waals surface area contributed by atoms with Crippen molar-refractivity contribution < 1.29 is 14.3 Å². The molecule has 2 unspecified atom stereocenters. The smallest absolute Gasteiger partial charge is 0.355 e. The molecule has 24 heavy (non-hydrogen) atoms. The quantitative estimate of drug-likeness (QED) is 0.312. The number of thiocarbonyl (C=S) groups is 1. The van der Waals surface area contributed by atoms with E-state index in [0.717, 1.165) is 0 Å². The first-order valence-electron chi connectivity index (χ1n) is 8.30. The molecule has 6 heteroatoms. The Hall–Kier alpha value is -1.50. The number of β-lactam (4-membered cyclic amide) rings is 1. The van der Waals surface area contributed by atoms with Gasteiger partial charge in [0, 0.05) is 31.1 Å². The predicted molar refractivity (Wildman–Crippen MR) is 98.5 cm³/mol. The third-order valence-electron chi connectivity index (χ3n) is 5.63. The summed E-state index contributed by atoms with van der Waals surface area (Å²) in [6.07, 6.45) is 0.353. The van der Waals surface area contributed by atoms with Gasteiger partial charge in [-0.2, -0.15) is 0 Å². The van der Waals surface area contributed by atoms with Crippen LogP contribution in [0.15, 0.2) is 0 Å². The zero-order valence-corrected chi connectivity index (χ0v) is 16.6. The van der Waals surface area contributed by atoms with Crippen molar-refractivity contribution in [1.82, 2.24) is 4.57 Å². The van der Waals surface area contributed by atoms with E-state index < -0.39 is 20.4 Å². The number of nitrogens with zero attached hydrogens (tertiary/aromatic N) is 1. The summed E-state index contributed by atoms with van der Waals surface area (Å²) in [7, 11) is -1.91. The van der Waals surface area contributed by atoms with Gasteiger partial charge in [-0.1, -0.05) is 57.5 Å².